The van der Waals surface area contributed by atoms with E-state index in [0.717, 1.165) is 44.6 Å². The highest BCUT2D eigenvalue weighted by atomic mass is 16.3. The van der Waals surface area contributed by atoms with Gasteiger partial charge in [0.1, 0.15) is 11.4 Å². The molecular weight excluding hydrogens is 278 g/mol. The predicted octanol–water partition coefficient (Wildman–Crippen LogP) is 3.43. The molecule has 0 saturated carbocycles. The molecule has 1 amide bonds. The van der Waals surface area contributed by atoms with E-state index in [9.17, 15) is 4.79 Å². The Labute approximate surface area is 130 Å². The summed E-state index contributed by atoms with van der Waals surface area (Å²) in [6.07, 6.45) is 4.73. The van der Waals surface area contributed by atoms with Crippen LogP contribution in [0.25, 0.3) is 11.5 Å². The van der Waals surface area contributed by atoms with Crippen LogP contribution in [0.5, 0.6) is 0 Å². The minimum Gasteiger partial charge on any atom is -0.463 e. The van der Waals surface area contributed by atoms with Crippen LogP contribution in [0.2, 0.25) is 0 Å². The number of piperidine rings is 1. The Bertz CT molecular complexity index is 622. The van der Waals surface area contributed by atoms with Crippen LogP contribution in [-0.2, 0) is 6.54 Å². The first-order valence-electron chi connectivity index (χ1n) is 8.10. The van der Waals surface area contributed by atoms with Crippen molar-refractivity contribution in [3.8, 4) is 11.5 Å². The van der Waals surface area contributed by atoms with Crippen LogP contribution in [0, 0.1) is 5.92 Å². The van der Waals surface area contributed by atoms with Crippen LogP contribution < -0.4 is 0 Å². The number of hydrogen-bond acceptors (Lipinski definition) is 3. The van der Waals surface area contributed by atoms with E-state index in [4.69, 9.17) is 4.42 Å². The lowest BCUT2D eigenvalue weighted by Gasteiger charge is -2.30. The van der Waals surface area contributed by atoms with Gasteiger partial charge in [-0.2, -0.15) is 5.10 Å². The van der Waals surface area contributed by atoms with Gasteiger partial charge in [-0.15, -0.1) is 0 Å². The normalized spacial score (nSPS) is 16.2. The summed E-state index contributed by atoms with van der Waals surface area (Å²) >= 11 is 0. The summed E-state index contributed by atoms with van der Waals surface area (Å²) in [6, 6.07) is 5.56. The Kier molecular flexibility index (Phi) is 4.32. The van der Waals surface area contributed by atoms with Crippen molar-refractivity contribution in [3.63, 3.8) is 0 Å². The zero-order chi connectivity index (χ0) is 15.5. The lowest BCUT2D eigenvalue weighted by molar-refractivity contribution is 0.0684. The first-order valence-corrected chi connectivity index (χ1v) is 8.10. The lowest BCUT2D eigenvalue weighted by atomic mass is 9.99. The van der Waals surface area contributed by atoms with Crippen LogP contribution >= 0.6 is 0 Å². The van der Waals surface area contributed by atoms with Crippen molar-refractivity contribution in [1.82, 2.24) is 14.7 Å². The van der Waals surface area contributed by atoms with E-state index in [1.54, 1.807) is 6.26 Å². The molecule has 0 bridgehead atoms. The van der Waals surface area contributed by atoms with Crippen molar-refractivity contribution in [2.24, 2.45) is 5.92 Å². The number of aromatic nitrogens is 2. The third kappa shape index (κ3) is 2.93. The summed E-state index contributed by atoms with van der Waals surface area (Å²) in [5.41, 5.74) is 1.40. The van der Waals surface area contributed by atoms with Crippen molar-refractivity contribution in [2.45, 2.75) is 39.7 Å². The molecule has 2 aromatic rings. The summed E-state index contributed by atoms with van der Waals surface area (Å²) in [5, 5.41) is 4.55. The van der Waals surface area contributed by atoms with Crippen LogP contribution in [0.4, 0.5) is 0 Å². The van der Waals surface area contributed by atoms with Gasteiger partial charge in [0, 0.05) is 25.7 Å². The molecule has 22 heavy (non-hydrogen) atoms. The molecule has 118 valence electrons. The Hall–Kier alpha value is -2.04. The fourth-order valence-corrected chi connectivity index (χ4v) is 2.89. The minimum atomic E-state index is 0.0886. The average Bonchev–Trinajstić information content (AvgIpc) is 3.16. The Morgan fingerprint density at radius 1 is 1.41 bits per heavy atom. The monoisotopic (exact) mass is 301 g/mol. The van der Waals surface area contributed by atoms with Gasteiger partial charge in [0.25, 0.3) is 5.91 Å². The molecule has 2 aromatic heterocycles. The van der Waals surface area contributed by atoms with Crippen molar-refractivity contribution < 1.29 is 9.21 Å². The summed E-state index contributed by atoms with van der Waals surface area (Å²) < 4.78 is 7.22. The third-order valence-corrected chi connectivity index (χ3v) is 4.28. The van der Waals surface area contributed by atoms with Crippen LogP contribution in [-0.4, -0.2) is 33.7 Å². The molecule has 1 aliphatic heterocycles. The van der Waals surface area contributed by atoms with Gasteiger partial charge in [0.05, 0.1) is 6.26 Å². The maximum Gasteiger partial charge on any atom is 0.272 e. The molecule has 0 aromatic carbocycles. The molecule has 0 aliphatic carbocycles. The summed E-state index contributed by atoms with van der Waals surface area (Å²) in [5.74, 6) is 1.50. The molecule has 5 nitrogen and oxygen atoms in total. The molecule has 3 heterocycles. The summed E-state index contributed by atoms with van der Waals surface area (Å²) in [7, 11) is 0. The van der Waals surface area contributed by atoms with E-state index in [-0.39, 0.29) is 5.91 Å². The van der Waals surface area contributed by atoms with E-state index in [1.807, 2.05) is 27.8 Å². The first-order chi connectivity index (χ1) is 10.7. The molecule has 0 atom stereocenters. The predicted molar refractivity (Wildman–Crippen MR) is 84.5 cm³/mol. The lowest BCUT2D eigenvalue weighted by Crippen LogP contribution is -2.38. The Morgan fingerprint density at radius 2 is 2.18 bits per heavy atom. The maximum absolute atomic E-state index is 12.8. The van der Waals surface area contributed by atoms with Gasteiger partial charge < -0.3 is 9.32 Å². The standard InChI is InChI=1S/C17H23N3O2/c1-3-8-20-15(12-14(18-20)16-5-4-11-22-16)17(21)19-9-6-13(2)7-10-19/h4-5,11-13H,3,6-10H2,1-2H3. The average molecular weight is 301 g/mol. The third-order valence-electron chi connectivity index (χ3n) is 4.28. The van der Waals surface area contributed by atoms with Gasteiger partial charge >= 0.3 is 0 Å². The Morgan fingerprint density at radius 3 is 2.82 bits per heavy atom. The number of rotatable bonds is 4. The van der Waals surface area contributed by atoms with E-state index in [0.29, 0.717) is 17.4 Å². The van der Waals surface area contributed by atoms with Crippen molar-refractivity contribution in [1.29, 1.82) is 0 Å². The van der Waals surface area contributed by atoms with Gasteiger partial charge in [0.2, 0.25) is 0 Å². The number of aryl methyl sites for hydroxylation is 1. The van der Waals surface area contributed by atoms with E-state index < -0.39 is 0 Å². The van der Waals surface area contributed by atoms with Crippen LogP contribution in [0.15, 0.2) is 28.9 Å². The Balaban J connectivity index is 1.86. The number of carbonyl (C=O) groups is 1. The number of hydrogen-bond donors (Lipinski definition) is 0. The maximum atomic E-state index is 12.8. The van der Waals surface area contributed by atoms with Gasteiger partial charge in [0.15, 0.2) is 5.76 Å². The van der Waals surface area contributed by atoms with E-state index in [2.05, 4.69) is 18.9 Å². The zero-order valence-electron chi connectivity index (χ0n) is 13.3. The summed E-state index contributed by atoms with van der Waals surface area (Å²) in [6.45, 7) is 6.76. The highest BCUT2D eigenvalue weighted by Crippen LogP contribution is 2.23. The molecule has 3 rings (SSSR count). The number of amides is 1. The molecule has 1 aliphatic rings. The second-order valence-corrected chi connectivity index (χ2v) is 6.09. The van der Waals surface area contributed by atoms with Gasteiger partial charge in [-0.25, -0.2) is 0 Å². The fraction of sp³-hybridized carbons (Fsp3) is 0.529. The number of carbonyl (C=O) groups excluding carboxylic acids is 1. The second-order valence-electron chi connectivity index (χ2n) is 6.09. The number of furan rings is 1. The molecule has 0 radical (unpaired) electrons. The SMILES string of the molecule is CCCn1nc(-c2ccco2)cc1C(=O)N1CCC(C)CC1. The highest BCUT2D eigenvalue weighted by Gasteiger charge is 2.25. The fourth-order valence-electron chi connectivity index (χ4n) is 2.89. The topological polar surface area (TPSA) is 51.3 Å². The van der Waals surface area contributed by atoms with Gasteiger partial charge in [-0.05, 0) is 37.3 Å². The molecule has 0 spiro atoms. The molecule has 0 N–H and O–H groups in total. The molecule has 0 unspecified atom stereocenters. The zero-order valence-corrected chi connectivity index (χ0v) is 13.3. The van der Waals surface area contributed by atoms with Gasteiger partial charge in [-0.3, -0.25) is 9.48 Å². The van der Waals surface area contributed by atoms with Crippen LogP contribution in [0.1, 0.15) is 43.6 Å². The smallest absolute Gasteiger partial charge is 0.272 e. The van der Waals surface area contributed by atoms with Gasteiger partial charge in [-0.1, -0.05) is 13.8 Å². The first kappa shape index (κ1) is 14.9. The van der Waals surface area contributed by atoms with Crippen molar-refractivity contribution in [3.05, 3.63) is 30.2 Å². The number of nitrogens with zero attached hydrogens (tertiary/aromatic N) is 3. The second kappa shape index (κ2) is 6.38. The van der Waals surface area contributed by atoms with Crippen molar-refractivity contribution in [2.75, 3.05) is 13.1 Å². The molecule has 1 fully saturated rings. The number of likely N-dealkylation sites (tertiary alicyclic amines) is 1. The minimum absolute atomic E-state index is 0.0886. The van der Waals surface area contributed by atoms with E-state index >= 15 is 0 Å². The largest absolute Gasteiger partial charge is 0.463 e. The van der Waals surface area contributed by atoms with Crippen LogP contribution in [0.3, 0.4) is 0 Å². The van der Waals surface area contributed by atoms with E-state index in [1.165, 1.54) is 0 Å². The summed E-state index contributed by atoms with van der Waals surface area (Å²) in [4.78, 5) is 14.8. The molecule has 1 saturated heterocycles. The van der Waals surface area contributed by atoms with Crippen molar-refractivity contribution >= 4 is 5.91 Å². The molecule has 5 heteroatoms. The quantitative estimate of drug-likeness (QED) is 0.869. The highest BCUT2D eigenvalue weighted by molar-refractivity contribution is 5.93. The molecular formula is C17H23N3O2.